The Morgan fingerprint density at radius 2 is 2.19 bits per heavy atom. The summed E-state index contributed by atoms with van der Waals surface area (Å²) in [5.74, 6) is 0.548. The Morgan fingerprint density at radius 3 is 3.00 bits per heavy atom. The van der Waals surface area contributed by atoms with Gasteiger partial charge >= 0.3 is 0 Å². The van der Waals surface area contributed by atoms with E-state index in [4.69, 9.17) is 0 Å². The third kappa shape index (κ3) is 2.75. The van der Waals surface area contributed by atoms with Crippen molar-refractivity contribution < 1.29 is 0 Å². The van der Waals surface area contributed by atoms with Gasteiger partial charge in [-0.2, -0.15) is 5.10 Å². The zero-order chi connectivity index (χ0) is 14.7. The van der Waals surface area contributed by atoms with Gasteiger partial charge in [0, 0.05) is 18.7 Å². The first-order valence-electron chi connectivity index (χ1n) is 8.12. The van der Waals surface area contributed by atoms with Gasteiger partial charge in [0.25, 0.3) is 0 Å². The molecule has 2 atom stereocenters. The number of nitrogens with zero attached hydrogens (tertiary/aromatic N) is 2. The number of nitrogens with one attached hydrogen (secondary N) is 1. The van der Waals surface area contributed by atoms with Crippen LogP contribution in [-0.2, 0) is 13.0 Å². The largest absolute Gasteiger partial charge is 0.311 e. The number of likely N-dealkylation sites (N-methyl/N-ethyl adjacent to an activating group) is 1. The van der Waals surface area contributed by atoms with E-state index in [1.807, 2.05) is 6.20 Å². The lowest BCUT2D eigenvalue weighted by Crippen LogP contribution is -2.29. The first-order valence-corrected chi connectivity index (χ1v) is 8.12. The van der Waals surface area contributed by atoms with Gasteiger partial charge in [-0.25, -0.2) is 0 Å². The van der Waals surface area contributed by atoms with Gasteiger partial charge in [-0.05, 0) is 49.9 Å². The summed E-state index contributed by atoms with van der Waals surface area (Å²) in [5, 5.41) is 8.06. The summed E-state index contributed by atoms with van der Waals surface area (Å²) in [6, 6.07) is 11.5. The highest BCUT2D eigenvalue weighted by Crippen LogP contribution is 2.40. The molecule has 1 aromatic heterocycles. The molecule has 1 aliphatic carbocycles. The molecule has 3 heteroatoms. The number of aromatic nitrogens is 2. The molecule has 1 N–H and O–H groups in total. The van der Waals surface area contributed by atoms with Crippen LogP contribution in [0.3, 0.4) is 0 Å². The minimum atomic E-state index is 0.348. The highest BCUT2D eigenvalue weighted by Gasteiger charge is 2.29. The van der Waals surface area contributed by atoms with Crippen LogP contribution in [0.25, 0.3) is 0 Å². The molecule has 0 saturated heterocycles. The molecule has 1 aliphatic rings. The van der Waals surface area contributed by atoms with E-state index < -0.39 is 0 Å². The number of hydrogen-bond acceptors (Lipinski definition) is 2. The maximum atomic E-state index is 4.50. The molecule has 0 amide bonds. The fraction of sp³-hybridized carbons (Fsp3) is 0.500. The van der Waals surface area contributed by atoms with Crippen LogP contribution in [0.2, 0.25) is 0 Å². The Morgan fingerprint density at radius 1 is 1.33 bits per heavy atom. The SMILES string of the molecule is CCCn1nccc1C(NC)C1CCCc2ccccc21. The molecule has 0 aliphatic heterocycles. The molecular formula is C18H25N3. The molecule has 2 aromatic rings. The molecule has 0 spiro atoms. The molecule has 1 aromatic carbocycles. The Bertz CT molecular complexity index is 588. The zero-order valence-electron chi connectivity index (χ0n) is 13.0. The lowest BCUT2D eigenvalue weighted by atomic mass is 9.78. The molecule has 0 bridgehead atoms. The van der Waals surface area contributed by atoms with E-state index in [9.17, 15) is 0 Å². The minimum Gasteiger partial charge on any atom is -0.311 e. The van der Waals surface area contributed by atoms with E-state index in [0.717, 1.165) is 13.0 Å². The molecule has 1 heterocycles. The Kier molecular flexibility index (Phi) is 4.39. The number of benzene rings is 1. The van der Waals surface area contributed by atoms with E-state index in [1.165, 1.54) is 36.1 Å². The van der Waals surface area contributed by atoms with Crippen molar-refractivity contribution in [1.82, 2.24) is 15.1 Å². The first-order chi connectivity index (χ1) is 10.3. The van der Waals surface area contributed by atoms with Crippen molar-refractivity contribution in [3.63, 3.8) is 0 Å². The average molecular weight is 283 g/mol. The summed E-state index contributed by atoms with van der Waals surface area (Å²) in [7, 11) is 2.07. The predicted octanol–water partition coefficient (Wildman–Crippen LogP) is 3.67. The van der Waals surface area contributed by atoms with Gasteiger partial charge in [0.2, 0.25) is 0 Å². The lowest BCUT2D eigenvalue weighted by Gasteiger charge is -2.32. The van der Waals surface area contributed by atoms with Crippen molar-refractivity contribution in [1.29, 1.82) is 0 Å². The van der Waals surface area contributed by atoms with Gasteiger partial charge < -0.3 is 5.32 Å². The molecule has 112 valence electrons. The van der Waals surface area contributed by atoms with E-state index in [-0.39, 0.29) is 0 Å². The van der Waals surface area contributed by atoms with Crippen molar-refractivity contribution in [2.75, 3.05) is 7.05 Å². The third-order valence-corrected chi connectivity index (χ3v) is 4.63. The molecule has 2 unspecified atom stereocenters. The Labute approximate surface area is 127 Å². The molecule has 0 saturated carbocycles. The van der Waals surface area contributed by atoms with E-state index >= 15 is 0 Å². The molecule has 0 fully saturated rings. The number of aryl methyl sites for hydroxylation is 2. The highest BCUT2D eigenvalue weighted by atomic mass is 15.3. The monoisotopic (exact) mass is 283 g/mol. The highest BCUT2D eigenvalue weighted by molar-refractivity contribution is 5.35. The fourth-order valence-electron chi connectivity index (χ4n) is 3.70. The van der Waals surface area contributed by atoms with Gasteiger partial charge in [0.05, 0.1) is 11.7 Å². The Balaban J connectivity index is 1.96. The van der Waals surface area contributed by atoms with E-state index in [0.29, 0.717) is 12.0 Å². The summed E-state index contributed by atoms with van der Waals surface area (Å²) in [5.41, 5.74) is 4.36. The van der Waals surface area contributed by atoms with Gasteiger partial charge in [-0.15, -0.1) is 0 Å². The molecular weight excluding hydrogens is 258 g/mol. The van der Waals surface area contributed by atoms with Crippen molar-refractivity contribution in [3.05, 3.63) is 53.3 Å². The molecule has 0 radical (unpaired) electrons. The maximum Gasteiger partial charge on any atom is 0.0559 e. The van der Waals surface area contributed by atoms with E-state index in [1.54, 1.807) is 0 Å². The van der Waals surface area contributed by atoms with Crippen LogP contribution in [0.15, 0.2) is 36.5 Å². The second-order valence-electron chi connectivity index (χ2n) is 5.94. The van der Waals surface area contributed by atoms with Crippen LogP contribution in [0.5, 0.6) is 0 Å². The predicted molar refractivity (Wildman–Crippen MR) is 86.4 cm³/mol. The fourth-order valence-corrected chi connectivity index (χ4v) is 3.70. The summed E-state index contributed by atoms with van der Waals surface area (Å²) >= 11 is 0. The molecule has 3 rings (SSSR count). The van der Waals surface area contributed by atoms with Crippen LogP contribution in [0, 0.1) is 0 Å². The van der Waals surface area contributed by atoms with Crippen LogP contribution in [0.1, 0.15) is 55.0 Å². The summed E-state index contributed by atoms with van der Waals surface area (Å²) < 4.78 is 2.17. The topological polar surface area (TPSA) is 29.9 Å². The van der Waals surface area contributed by atoms with Crippen molar-refractivity contribution in [2.45, 2.75) is 51.1 Å². The number of hydrogen-bond donors (Lipinski definition) is 1. The number of fused-ring (bicyclic) bond motifs is 1. The second kappa shape index (κ2) is 6.44. The second-order valence-corrected chi connectivity index (χ2v) is 5.94. The third-order valence-electron chi connectivity index (χ3n) is 4.63. The Hall–Kier alpha value is -1.61. The lowest BCUT2D eigenvalue weighted by molar-refractivity contribution is 0.395. The molecule has 3 nitrogen and oxygen atoms in total. The van der Waals surface area contributed by atoms with Gasteiger partial charge in [0.15, 0.2) is 0 Å². The number of rotatable bonds is 5. The zero-order valence-corrected chi connectivity index (χ0v) is 13.0. The first kappa shape index (κ1) is 14.3. The minimum absolute atomic E-state index is 0.348. The summed E-state index contributed by atoms with van der Waals surface area (Å²) in [4.78, 5) is 0. The van der Waals surface area contributed by atoms with Crippen LogP contribution < -0.4 is 5.32 Å². The maximum absolute atomic E-state index is 4.50. The summed E-state index contributed by atoms with van der Waals surface area (Å²) in [6.07, 6.45) is 6.80. The quantitative estimate of drug-likeness (QED) is 0.907. The van der Waals surface area contributed by atoms with Crippen LogP contribution >= 0.6 is 0 Å². The van der Waals surface area contributed by atoms with Crippen LogP contribution in [0.4, 0.5) is 0 Å². The van der Waals surface area contributed by atoms with Crippen molar-refractivity contribution in [3.8, 4) is 0 Å². The van der Waals surface area contributed by atoms with Gasteiger partial charge in [0.1, 0.15) is 0 Å². The molecule has 21 heavy (non-hydrogen) atoms. The summed E-state index contributed by atoms with van der Waals surface area (Å²) in [6.45, 7) is 3.20. The standard InChI is InChI=1S/C18H25N3/c1-3-13-21-17(11-12-20-21)18(19-2)16-10-6-8-14-7-4-5-9-15(14)16/h4-5,7,9,11-12,16,18-19H,3,6,8,10,13H2,1-2H3. The average Bonchev–Trinajstić information content (AvgIpc) is 2.97. The normalized spacial score (nSPS) is 19.2. The van der Waals surface area contributed by atoms with Crippen molar-refractivity contribution in [2.24, 2.45) is 0 Å². The van der Waals surface area contributed by atoms with Crippen molar-refractivity contribution >= 4 is 0 Å². The van der Waals surface area contributed by atoms with Gasteiger partial charge in [-0.1, -0.05) is 31.2 Å². The van der Waals surface area contributed by atoms with Crippen LogP contribution in [-0.4, -0.2) is 16.8 Å². The van der Waals surface area contributed by atoms with Gasteiger partial charge in [-0.3, -0.25) is 4.68 Å². The smallest absolute Gasteiger partial charge is 0.0559 e. The van der Waals surface area contributed by atoms with E-state index in [2.05, 4.69) is 59.4 Å².